The Labute approximate surface area is 129 Å². The van der Waals surface area contributed by atoms with Crippen LogP contribution < -0.4 is 10.6 Å². The Kier molecular flexibility index (Phi) is 4.70. The summed E-state index contributed by atoms with van der Waals surface area (Å²) in [7, 11) is 1.53. The average molecular weight is 351 g/mol. The summed E-state index contributed by atoms with van der Waals surface area (Å²) in [5.41, 5.74) is 1.06. The zero-order valence-corrected chi connectivity index (χ0v) is 12.7. The maximum atomic E-state index is 13.2. The summed E-state index contributed by atoms with van der Waals surface area (Å²) in [5.74, 6) is -1.21. The van der Waals surface area contributed by atoms with Crippen molar-refractivity contribution < 1.29 is 14.0 Å². The van der Waals surface area contributed by atoms with E-state index in [0.29, 0.717) is 15.7 Å². The van der Waals surface area contributed by atoms with Crippen molar-refractivity contribution in [2.24, 2.45) is 0 Å². The molecule has 2 aromatic carbocycles. The van der Waals surface area contributed by atoms with Gasteiger partial charge in [-0.1, -0.05) is 6.07 Å². The second-order valence-electron chi connectivity index (χ2n) is 4.24. The van der Waals surface area contributed by atoms with Crippen LogP contribution in [-0.2, 0) is 0 Å². The van der Waals surface area contributed by atoms with E-state index in [1.165, 1.54) is 19.2 Å². The van der Waals surface area contributed by atoms with Gasteiger partial charge in [0.2, 0.25) is 0 Å². The van der Waals surface area contributed by atoms with Crippen LogP contribution >= 0.6 is 15.9 Å². The number of hydrogen-bond donors (Lipinski definition) is 2. The van der Waals surface area contributed by atoms with Gasteiger partial charge in [-0.25, -0.2) is 4.39 Å². The summed E-state index contributed by atoms with van der Waals surface area (Å²) < 4.78 is 13.7. The van der Waals surface area contributed by atoms with Gasteiger partial charge in [0.05, 0.1) is 5.56 Å². The molecule has 0 atom stereocenters. The van der Waals surface area contributed by atoms with Gasteiger partial charge in [-0.15, -0.1) is 0 Å². The summed E-state index contributed by atoms with van der Waals surface area (Å²) in [6.07, 6.45) is 0. The number of anilines is 1. The maximum absolute atomic E-state index is 13.2. The molecule has 0 radical (unpaired) electrons. The first-order valence-corrected chi connectivity index (χ1v) is 6.89. The van der Waals surface area contributed by atoms with Crippen LogP contribution in [0.15, 0.2) is 46.9 Å². The second kappa shape index (κ2) is 6.49. The Balaban J connectivity index is 2.23. The third kappa shape index (κ3) is 3.66. The molecule has 0 saturated carbocycles. The molecule has 0 bridgehead atoms. The van der Waals surface area contributed by atoms with E-state index >= 15 is 0 Å². The van der Waals surface area contributed by atoms with Gasteiger partial charge in [0.25, 0.3) is 11.8 Å². The van der Waals surface area contributed by atoms with E-state index in [4.69, 9.17) is 0 Å². The number of carbonyl (C=O) groups excluding carboxylic acids is 2. The highest BCUT2D eigenvalue weighted by Crippen LogP contribution is 2.20. The van der Waals surface area contributed by atoms with E-state index in [9.17, 15) is 14.0 Å². The summed E-state index contributed by atoms with van der Waals surface area (Å²) in [5, 5.41) is 5.13. The molecule has 0 unspecified atom stereocenters. The third-order valence-corrected chi connectivity index (χ3v) is 3.47. The van der Waals surface area contributed by atoms with Gasteiger partial charge < -0.3 is 10.6 Å². The number of rotatable bonds is 3. The Morgan fingerprint density at radius 1 is 1.10 bits per heavy atom. The lowest BCUT2D eigenvalue weighted by atomic mass is 10.1. The number of halogens is 2. The lowest BCUT2D eigenvalue weighted by Gasteiger charge is -2.08. The molecule has 0 fully saturated rings. The molecule has 2 amide bonds. The van der Waals surface area contributed by atoms with Crippen LogP contribution in [0.5, 0.6) is 0 Å². The molecular formula is C15H12BrFN2O2. The van der Waals surface area contributed by atoms with Crippen molar-refractivity contribution >= 4 is 33.4 Å². The van der Waals surface area contributed by atoms with Crippen LogP contribution in [0.1, 0.15) is 20.7 Å². The first-order chi connectivity index (χ1) is 10.0. The molecule has 4 nitrogen and oxygen atoms in total. The minimum Gasteiger partial charge on any atom is -0.355 e. The monoisotopic (exact) mass is 350 g/mol. The van der Waals surface area contributed by atoms with Crippen molar-refractivity contribution in [1.29, 1.82) is 0 Å². The molecule has 2 aromatic rings. The minimum atomic E-state index is -0.498. The number of nitrogens with one attached hydrogen (secondary N) is 2. The van der Waals surface area contributed by atoms with Crippen LogP contribution in [0, 0.1) is 5.82 Å². The van der Waals surface area contributed by atoms with Gasteiger partial charge in [-0.3, -0.25) is 9.59 Å². The molecule has 6 heteroatoms. The molecule has 0 heterocycles. The summed E-state index contributed by atoms with van der Waals surface area (Å²) in [6, 6.07) is 10.3. The van der Waals surface area contributed by atoms with Gasteiger partial charge in [0.1, 0.15) is 5.82 Å². The summed E-state index contributed by atoms with van der Waals surface area (Å²) >= 11 is 3.20. The highest BCUT2D eigenvalue weighted by atomic mass is 79.9. The molecule has 0 aliphatic heterocycles. The first kappa shape index (κ1) is 15.2. The molecule has 21 heavy (non-hydrogen) atoms. The van der Waals surface area contributed by atoms with Crippen molar-refractivity contribution in [2.75, 3.05) is 12.4 Å². The quantitative estimate of drug-likeness (QED) is 0.892. The van der Waals surface area contributed by atoms with Gasteiger partial charge in [-0.2, -0.15) is 0 Å². The number of amides is 2. The van der Waals surface area contributed by atoms with Crippen LogP contribution in [0.4, 0.5) is 10.1 Å². The van der Waals surface area contributed by atoms with Crippen LogP contribution in [-0.4, -0.2) is 18.9 Å². The van der Waals surface area contributed by atoms with E-state index < -0.39 is 11.7 Å². The smallest absolute Gasteiger partial charge is 0.256 e. The predicted molar refractivity (Wildman–Crippen MR) is 81.9 cm³/mol. The lowest BCUT2D eigenvalue weighted by molar-refractivity contribution is 0.0961. The van der Waals surface area contributed by atoms with Crippen LogP contribution in [0.25, 0.3) is 0 Å². The maximum Gasteiger partial charge on any atom is 0.256 e. The number of hydrogen-bond acceptors (Lipinski definition) is 2. The van der Waals surface area contributed by atoms with E-state index in [-0.39, 0.29) is 11.5 Å². The Hall–Kier alpha value is -2.21. The molecule has 0 saturated heterocycles. The molecule has 0 aromatic heterocycles. The van der Waals surface area contributed by atoms with Gasteiger partial charge in [-0.05, 0) is 52.3 Å². The first-order valence-electron chi connectivity index (χ1n) is 6.10. The van der Waals surface area contributed by atoms with E-state index in [0.717, 1.165) is 6.07 Å². The molecule has 0 aliphatic carbocycles. The lowest BCUT2D eigenvalue weighted by Crippen LogP contribution is -2.18. The largest absolute Gasteiger partial charge is 0.355 e. The molecule has 108 valence electrons. The average Bonchev–Trinajstić information content (AvgIpc) is 2.49. The van der Waals surface area contributed by atoms with Crippen molar-refractivity contribution in [3.63, 3.8) is 0 Å². The Morgan fingerprint density at radius 3 is 2.57 bits per heavy atom. The standard InChI is InChI=1S/C15H12BrFN2O2/c1-18-14(20)9-3-2-4-11(7-9)19-15(21)12-8-10(17)5-6-13(12)16/h2-8H,1H3,(H,18,20)(H,19,21). The fraction of sp³-hybridized carbons (Fsp3) is 0.0667. The zero-order chi connectivity index (χ0) is 15.4. The van der Waals surface area contributed by atoms with Gasteiger partial charge >= 0.3 is 0 Å². The highest BCUT2D eigenvalue weighted by Gasteiger charge is 2.12. The van der Waals surface area contributed by atoms with Crippen molar-refractivity contribution in [3.8, 4) is 0 Å². The van der Waals surface area contributed by atoms with E-state index in [1.807, 2.05) is 0 Å². The molecule has 0 spiro atoms. The summed E-state index contributed by atoms with van der Waals surface area (Å²) in [6.45, 7) is 0. The van der Waals surface area contributed by atoms with Crippen molar-refractivity contribution in [2.45, 2.75) is 0 Å². The molecular weight excluding hydrogens is 339 g/mol. The van der Waals surface area contributed by atoms with Gasteiger partial charge in [0, 0.05) is 22.8 Å². The van der Waals surface area contributed by atoms with Crippen LogP contribution in [0.3, 0.4) is 0 Å². The van der Waals surface area contributed by atoms with Crippen LogP contribution in [0.2, 0.25) is 0 Å². The van der Waals surface area contributed by atoms with E-state index in [2.05, 4.69) is 26.6 Å². The zero-order valence-electron chi connectivity index (χ0n) is 11.1. The Morgan fingerprint density at radius 2 is 1.86 bits per heavy atom. The minimum absolute atomic E-state index is 0.181. The number of benzene rings is 2. The van der Waals surface area contributed by atoms with E-state index in [1.54, 1.807) is 24.3 Å². The predicted octanol–water partition coefficient (Wildman–Crippen LogP) is 3.20. The normalized spacial score (nSPS) is 10.0. The topological polar surface area (TPSA) is 58.2 Å². The fourth-order valence-corrected chi connectivity index (χ4v) is 2.18. The third-order valence-electron chi connectivity index (χ3n) is 2.78. The fourth-order valence-electron chi connectivity index (χ4n) is 1.75. The van der Waals surface area contributed by atoms with Crippen molar-refractivity contribution in [1.82, 2.24) is 5.32 Å². The van der Waals surface area contributed by atoms with Gasteiger partial charge in [0.15, 0.2) is 0 Å². The molecule has 2 rings (SSSR count). The second-order valence-corrected chi connectivity index (χ2v) is 5.09. The Bertz CT molecular complexity index is 704. The number of carbonyl (C=O) groups is 2. The van der Waals surface area contributed by atoms with Crippen molar-refractivity contribution in [3.05, 3.63) is 63.9 Å². The molecule has 0 aliphatic rings. The SMILES string of the molecule is CNC(=O)c1cccc(NC(=O)c2cc(F)ccc2Br)c1. The highest BCUT2D eigenvalue weighted by molar-refractivity contribution is 9.10. The molecule has 2 N–H and O–H groups in total. The summed E-state index contributed by atoms with van der Waals surface area (Å²) in [4.78, 5) is 23.7.